The summed E-state index contributed by atoms with van der Waals surface area (Å²) < 4.78 is 5.09. The number of hydrogen-bond acceptors (Lipinski definition) is 3. The van der Waals surface area contributed by atoms with Gasteiger partial charge in [-0.05, 0) is 12.8 Å². The Hall–Kier alpha value is -1.30. The normalized spacial score (nSPS) is 18.1. The molecule has 0 aromatic rings. The summed E-state index contributed by atoms with van der Waals surface area (Å²) in [6.45, 7) is 0.806. The van der Waals surface area contributed by atoms with Crippen LogP contribution in [0.15, 0.2) is 0 Å². The van der Waals surface area contributed by atoms with Crippen molar-refractivity contribution in [1.29, 1.82) is 0 Å². The summed E-state index contributed by atoms with van der Waals surface area (Å²) in [5.74, 6) is -0.970. The molecule has 1 aliphatic heterocycles. The van der Waals surface area contributed by atoms with Gasteiger partial charge in [0.2, 0.25) is 0 Å². The SMILES string of the molecule is NC(=O)N1CCC(OCC(=O)O)CC1. The van der Waals surface area contributed by atoms with Gasteiger partial charge in [-0.2, -0.15) is 0 Å². The zero-order chi connectivity index (χ0) is 10.6. The number of amides is 2. The third-order valence-electron chi connectivity index (χ3n) is 2.20. The number of hydrogen-bond donors (Lipinski definition) is 2. The molecule has 6 nitrogen and oxygen atoms in total. The number of piperidine rings is 1. The highest BCUT2D eigenvalue weighted by Crippen LogP contribution is 2.12. The summed E-state index contributed by atoms with van der Waals surface area (Å²) in [6.07, 6.45) is 1.23. The zero-order valence-corrected chi connectivity index (χ0v) is 7.81. The quantitative estimate of drug-likeness (QED) is 0.653. The first-order valence-electron chi connectivity index (χ1n) is 4.47. The maximum absolute atomic E-state index is 10.7. The van der Waals surface area contributed by atoms with Crippen molar-refractivity contribution in [3.63, 3.8) is 0 Å². The fourth-order valence-electron chi connectivity index (χ4n) is 1.43. The van der Waals surface area contributed by atoms with E-state index in [0.29, 0.717) is 25.9 Å². The van der Waals surface area contributed by atoms with Crippen molar-refractivity contribution in [3.05, 3.63) is 0 Å². The predicted octanol–water partition coefficient (Wildman–Crippen LogP) is -0.369. The second-order valence-corrected chi connectivity index (χ2v) is 3.23. The van der Waals surface area contributed by atoms with Crippen molar-refractivity contribution in [2.75, 3.05) is 19.7 Å². The first kappa shape index (κ1) is 10.8. The molecule has 1 rings (SSSR count). The molecule has 80 valence electrons. The van der Waals surface area contributed by atoms with Crippen molar-refractivity contribution in [1.82, 2.24) is 4.90 Å². The number of likely N-dealkylation sites (tertiary alicyclic amines) is 1. The molecule has 6 heteroatoms. The highest BCUT2D eigenvalue weighted by atomic mass is 16.5. The number of nitrogens with zero attached hydrogens (tertiary/aromatic N) is 1. The Morgan fingerprint density at radius 3 is 2.43 bits per heavy atom. The summed E-state index contributed by atoms with van der Waals surface area (Å²) in [5.41, 5.74) is 5.09. The van der Waals surface area contributed by atoms with Crippen LogP contribution >= 0.6 is 0 Å². The second kappa shape index (κ2) is 4.80. The number of carbonyl (C=O) groups excluding carboxylic acids is 1. The second-order valence-electron chi connectivity index (χ2n) is 3.23. The molecule has 1 saturated heterocycles. The molecule has 0 radical (unpaired) electrons. The Bertz CT molecular complexity index is 223. The number of carboxylic acids is 1. The summed E-state index contributed by atoms with van der Waals surface area (Å²) >= 11 is 0. The molecule has 1 fully saturated rings. The van der Waals surface area contributed by atoms with Gasteiger partial charge in [0, 0.05) is 13.1 Å². The van der Waals surface area contributed by atoms with Gasteiger partial charge < -0.3 is 20.5 Å². The molecule has 0 aromatic carbocycles. The van der Waals surface area contributed by atoms with Crippen LogP contribution in [-0.2, 0) is 9.53 Å². The van der Waals surface area contributed by atoms with Crippen molar-refractivity contribution in [3.8, 4) is 0 Å². The fraction of sp³-hybridized carbons (Fsp3) is 0.750. The molecule has 1 aliphatic rings. The minimum atomic E-state index is -0.970. The van der Waals surface area contributed by atoms with Gasteiger partial charge in [-0.3, -0.25) is 0 Å². The lowest BCUT2D eigenvalue weighted by Crippen LogP contribution is -2.43. The van der Waals surface area contributed by atoms with E-state index in [-0.39, 0.29) is 12.7 Å². The van der Waals surface area contributed by atoms with Crippen LogP contribution in [0.5, 0.6) is 0 Å². The molecule has 0 aromatic heterocycles. The summed E-state index contributed by atoms with van der Waals surface area (Å²) in [7, 11) is 0. The summed E-state index contributed by atoms with van der Waals surface area (Å²) in [4.78, 5) is 22.5. The Morgan fingerprint density at radius 1 is 1.43 bits per heavy atom. The van der Waals surface area contributed by atoms with Gasteiger partial charge in [-0.15, -0.1) is 0 Å². The van der Waals surface area contributed by atoms with Gasteiger partial charge in [0.15, 0.2) is 0 Å². The van der Waals surface area contributed by atoms with Crippen LogP contribution in [-0.4, -0.2) is 47.8 Å². The van der Waals surface area contributed by atoms with Gasteiger partial charge in [0.25, 0.3) is 0 Å². The van der Waals surface area contributed by atoms with Crippen LogP contribution in [0.3, 0.4) is 0 Å². The van der Waals surface area contributed by atoms with E-state index in [2.05, 4.69) is 0 Å². The van der Waals surface area contributed by atoms with Crippen molar-refractivity contribution in [2.24, 2.45) is 5.73 Å². The molecule has 1 heterocycles. The number of urea groups is 1. The van der Waals surface area contributed by atoms with E-state index in [0.717, 1.165) is 0 Å². The molecule has 0 spiro atoms. The van der Waals surface area contributed by atoms with Gasteiger partial charge in [0.1, 0.15) is 6.61 Å². The molecule has 0 unspecified atom stereocenters. The largest absolute Gasteiger partial charge is 0.480 e. The molecular weight excluding hydrogens is 188 g/mol. The Kier molecular flexibility index (Phi) is 3.70. The average molecular weight is 202 g/mol. The fourth-order valence-corrected chi connectivity index (χ4v) is 1.43. The molecule has 0 atom stereocenters. The average Bonchev–Trinajstić information content (AvgIpc) is 2.15. The maximum Gasteiger partial charge on any atom is 0.329 e. The van der Waals surface area contributed by atoms with E-state index in [4.69, 9.17) is 15.6 Å². The van der Waals surface area contributed by atoms with E-state index in [9.17, 15) is 9.59 Å². The lowest BCUT2D eigenvalue weighted by molar-refractivity contribution is -0.145. The number of rotatable bonds is 3. The van der Waals surface area contributed by atoms with Crippen molar-refractivity contribution < 1.29 is 19.4 Å². The van der Waals surface area contributed by atoms with E-state index in [1.807, 2.05) is 0 Å². The van der Waals surface area contributed by atoms with Crippen LogP contribution in [0.4, 0.5) is 4.79 Å². The third-order valence-corrected chi connectivity index (χ3v) is 2.20. The molecule has 14 heavy (non-hydrogen) atoms. The zero-order valence-electron chi connectivity index (χ0n) is 7.81. The molecule has 0 bridgehead atoms. The topological polar surface area (TPSA) is 92.9 Å². The number of aliphatic carboxylic acids is 1. The first-order chi connectivity index (χ1) is 6.59. The molecule has 0 saturated carbocycles. The van der Waals surface area contributed by atoms with Gasteiger partial charge in [-0.25, -0.2) is 9.59 Å². The minimum absolute atomic E-state index is 0.0679. The Balaban J connectivity index is 2.22. The standard InChI is InChI=1S/C8H14N2O4/c9-8(13)10-3-1-6(2-4-10)14-5-7(11)12/h6H,1-5H2,(H2,9,13)(H,11,12). The predicted molar refractivity (Wildman–Crippen MR) is 47.8 cm³/mol. The highest BCUT2D eigenvalue weighted by Gasteiger charge is 2.21. The van der Waals surface area contributed by atoms with Crippen LogP contribution in [0.2, 0.25) is 0 Å². The van der Waals surface area contributed by atoms with Crippen LogP contribution in [0.1, 0.15) is 12.8 Å². The number of carbonyl (C=O) groups is 2. The minimum Gasteiger partial charge on any atom is -0.480 e. The van der Waals surface area contributed by atoms with Crippen molar-refractivity contribution in [2.45, 2.75) is 18.9 Å². The lowest BCUT2D eigenvalue weighted by atomic mass is 10.1. The van der Waals surface area contributed by atoms with E-state index >= 15 is 0 Å². The number of nitrogens with two attached hydrogens (primary N) is 1. The van der Waals surface area contributed by atoms with E-state index in [1.54, 1.807) is 0 Å². The maximum atomic E-state index is 10.7. The number of carboxylic acid groups (broad SMARTS) is 1. The third kappa shape index (κ3) is 3.21. The van der Waals surface area contributed by atoms with Crippen LogP contribution in [0.25, 0.3) is 0 Å². The van der Waals surface area contributed by atoms with Crippen molar-refractivity contribution >= 4 is 12.0 Å². The molecule has 3 N–H and O–H groups in total. The number of ether oxygens (including phenoxy) is 1. The van der Waals surface area contributed by atoms with Gasteiger partial charge in [0.05, 0.1) is 6.10 Å². The van der Waals surface area contributed by atoms with E-state index < -0.39 is 12.0 Å². The smallest absolute Gasteiger partial charge is 0.329 e. The first-order valence-corrected chi connectivity index (χ1v) is 4.47. The lowest BCUT2D eigenvalue weighted by Gasteiger charge is -2.30. The number of primary amides is 1. The Labute approximate surface area is 81.6 Å². The summed E-state index contributed by atoms with van der Waals surface area (Å²) in [6, 6.07) is -0.429. The monoisotopic (exact) mass is 202 g/mol. The van der Waals surface area contributed by atoms with Crippen LogP contribution < -0.4 is 5.73 Å². The molecule has 0 aliphatic carbocycles. The summed E-state index contributed by atoms with van der Waals surface area (Å²) in [5, 5.41) is 8.37. The van der Waals surface area contributed by atoms with Gasteiger partial charge >= 0.3 is 12.0 Å². The van der Waals surface area contributed by atoms with Gasteiger partial charge in [-0.1, -0.05) is 0 Å². The highest BCUT2D eigenvalue weighted by molar-refractivity contribution is 5.72. The molecule has 2 amide bonds. The van der Waals surface area contributed by atoms with E-state index in [1.165, 1.54) is 4.90 Å². The Morgan fingerprint density at radius 2 is 2.00 bits per heavy atom. The molecular formula is C8H14N2O4. The van der Waals surface area contributed by atoms with Crippen LogP contribution in [0, 0.1) is 0 Å².